The maximum Gasteiger partial charge on any atom is 0.130 e. The summed E-state index contributed by atoms with van der Waals surface area (Å²) in [6.07, 6.45) is 16.3. The summed E-state index contributed by atoms with van der Waals surface area (Å²) in [5.41, 5.74) is 4.69. The minimum absolute atomic E-state index is 0.0659. The van der Waals surface area contributed by atoms with Crippen LogP contribution >= 0.6 is 0 Å². The number of hydrogen-bond acceptors (Lipinski definition) is 2. The van der Waals surface area contributed by atoms with Crippen molar-refractivity contribution in [2.45, 2.75) is 114 Å². The second-order valence-electron chi connectivity index (χ2n) is 13.2. The standard InChI is InChI=1S/C36H46F2O2/c1-2-3-35(39)28-14-10-24(11-15-28)23-4-6-25(7-5-23)29-16-18-31(33(37)20-29)27-12-8-26(9-13-27)30-17-19-32(34(38)21-30)36-22-40-36/h12,16-21,23-26,28,35-36,39H,2-11,13-15,22H2,1H3. The Kier molecular flexibility index (Phi) is 8.74. The van der Waals surface area contributed by atoms with E-state index in [1.807, 2.05) is 24.3 Å². The zero-order chi connectivity index (χ0) is 27.6. The molecule has 0 amide bonds. The summed E-state index contributed by atoms with van der Waals surface area (Å²) >= 11 is 0. The van der Waals surface area contributed by atoms with Gasteiger partial charge in [0.25, 0.3) is 0 Å². The molecule has 3 fully saturated rings. The average molecular weight is 549 g/mol. The topological polar surface area (TPSA) is 32.8 Å². The summed E-state index contributed by atoms with van der Waals surface area (Å²) in [6.45, 7) is 2.77. The lowest BCUT2D eigenvalue weighted by atomic mass is 9.67. The van der Waals surface area contributed by atoms with E-state index in [0.717, 1.165) is 79.0 Å². The summed E-state index contributed by atoms with van der Waals surface area (Å²) in [4.78, 5) is 0. The van der Waals surface area contributed by atoms with Crippen LogP contribution in [0.5, 0.6) is 0 Å². The van der Waals surface area contributed by atoms with Gasteiger partial charge in [0.2, 0.25) is 0 Å². The molecular formula is C36H46F2O2. The Labute approximate surface area is 239 Å². The third-order valence-electron chi connectivity index (χ3n) is 10.8. The highest BCUT2D eigenvalue weighted by atomic mass is 19.1. The molecule has 2 saturated carbocycles. The van der Waals surface area contributed by atoms with Crippen LogP contribution in [0.15, 0.2) is 42.5 Å². The molecule has 0 radical (unpaired) electrons. The Balaban J connectivity index is 1.01. The van der Waals surface area contributed by atoms with Gasteiger partial charge in [-0.3, -0.25) is 0 Å². The normalized spacial score (nSPS) is 31.4. The first-order valence-corrected chi connectivity index (χ1v) is 16.1. The minimum Gasteiger partial charge on any atom is -0.393 e. The highest BCUT2D eigenvalue weighted by Gasteiger charge is 2.33. The largest absolute Gasteiger partial charge is 0.393 e. The van der Waals surface area contributed by atoms with Crippen LogP contribution in [0.3, 0.4) is 0 Å². The summed E-state index contributed by atoms with van der Waals surface area (Å²) in [6, 6.07) is 11.6. The highest BCUT2D eigenvalue weighted by Crippen LogP contribution is 2.45. The van der Waals surface area contributed by atoms with E-state index in [9.17, 15) is 9.50 Å². The Morgan fingerprint density at radius 2 is 1.48 bits per heavy atom. The Bertz CT molecular complexity index is 1190. The molecule has 0 bridgehead atoms. The SMILES string of the molecule is CCCC(O)C1CCC(C2CCC(c3ccc(C4=CCC(c5ccc(C6CO6)c(F)c5)CC4)c(F)c3)CC2)CC1. The zero-order valence-electron chi connectivity index (χ0n) is 24.1. The van der Waals surface area contributed by atoms with Crippen LogP contribution < -0.4 is 0 Å². The number of allylic oxidation sites excluding steroid dienone is 2. The zero-order valence-corrected chi connectivity index (χ0v) is 24.1. The van der Waals surface area contributed by atoms with E-state index in [4.69, 9.17) is 4.74 Å². The number of aliphatic hydroxyl groups excluding tert-OH is 1. The number of benzene rings is 2. The van der Waals surface area contributed by atoms with Gasteiger partial charge in [-0.1, -0.05) is 43.7 Å². The van der Waals surface area contributed by atoms with Gasteiger partial charge in [-0.05, 0) is 135 Å². The lowest BCUT2D eigenvalue weighted by Gasteiger charge is -2.39. The Morgan fingerprint density at radius 3 is 2.08 bits per heavy atom. The van der Waals surface area contributed by atoms with E-state index in [0.29, 0.717) is 24.0 Å². The molecule has 1 N–H and O–H groups in total. The van der Waals surface area contributed by atoms with Crippen LogP contribution in [0.2, 0.25) is 0 Å². The maximum absolute atomic E-state index is 15.4. The summed E-state index contributed by atoms with van der Waals surface area (Å²) in [5, 5.41) is 10.4. The molecule has 3 unspecified atom stereocenters. The van der Waals surface area contributed by atoms with Crippen molar-refractivity contribution in [3.05, 3.63) is 76.4 Å². The van der Waals surface area contributed by atoms with E-state index in [2.05, 4.69) is 19.1 Å². The van der Waals surface area contributed by atoms with E-state index >= 15 is 4.39 Å². The fraction of sp³-hybridized carbons (Fsp3) is 0.611. The molecule has 6 rings (SSSR count). The van der Waals surface area contributed by atoms with Crippen molar-refractivity contribution in [2.24, 2.45) is 17.8 Å². The van der Waals surface area contributed by atoms with Gasteiger partial charge in [0.05, 0.1) is 12.7 Å². The molecule has 0 aromatic heterocycles. The first kappa shape index (κ1) is 28.1. The second kappa shape index (κ2) is 12.4. The van der Waals surface area contributed by atoms with Crippen LogP contribution in [0.4, 0.5) is 8.78 Å². The van der Waals surface area contributed by atoms with Crippen molar-refractivity contribution < 1.29 is 18.6 Å². The van der Waals surface area contributed by atoms with Crippen molar-refractivity contribution >= 4 is 5.57 Å². The highest BCUT2D eigenvalue weighted by molar-refractivity contribution is 5.67. The molecule has 4 heteroatoms. The number of halogens is 2. The van der Waals surface area contributed by atoms with Crippen LogP contribution in [0.25, 0.3) is 5.57 Å². The van der Waals surface area contributed by atoms with Crippen LogP contribution in [0.1, 0.15) is 131 Å². The quantitative estimate of drug-likeness (QED) is 0.333. The number of hydrogen-bond donors (Lipinski definition) is 1. The van der Waals surface area contributed by atoms with Gasteiger partial charge in [0, 0.05) is 11.1 Å². The van der Waals surface area contributed by atoms with Gasteiger partial charge in [0.1, 0.15) is 17.7 Å². The van der Waals surface area contributed by atoms with Gasteiger partial charge in [-0.15, -0.1) is 0 Å². The fourth-order valence-corrected chi connectivity index (χ4v) is 8.17. The van der Waals surface area contributed by atoms with Crippen LogP contribution in [-0.2, 0) is 4.74 Å². The molecule has 216 valence electrons. The minimum atomic E-state index is -0.167. The third kappa shape index (κ3) is 6.23. The van der Waals surface area contributed by atoms with E-state index in [-0.39, 0.29) is 29.8 Å². The summed E-state index contributed by atoms with van der Waals surface area (Å²) in [5.74, 6) is 2.61. The molecule has 2 aromatic rings. The number of epoxide rings is 1. The van der Waals surface area contributed by atoms with Gasteiger partial charge in [0.15, 0.2) is 0 Å². The van der Waals surface area contributed by atoms with Gasteiger partial charge >= 0.3 is 0 Å². The van der Waals surface area contributed by atoms with Crippen LogP contribution in [0, 0.1) is 29.4 Å². The Hall–Kier alpha value is -2.04. The third-order valence-corrected chi connectivity index (χ3v) is 10.8. The van der Waals surface area contributed by atoms with Gasteiger partial charge in [-0.25, -0.2) is 8.78 Å². The fourth-order valence-electron chi connectivity index (χ4n) is 8.17. The van der Waals surface area contributed by atoms with Crippen molar-refractivity contribution in [1.29, 1.82) is 0 Å². The summed E-state index contributed by atoms with van der Waals surface area (Å²) in [7, 11) is 0. The second-order valence-corrected chi connectivity index (χ2v) is 13.2. The molecule has 3 atom stereocenters. The van der Waals surface area contributed by atoms with Crippen molar-refractivity contribution in [1.82, 2.24) is 0 Å². The average Bonchev–Trinajstić information content (AvgIpc) is 3.83. The number of aliphatic hydroxyl groups is 1. The summed E-state index contributed by atoms with van der Waals surface area (Å²) < 4.78 is 35.1. The molecule has 3 aliphatic carbocycles. The first-order valence-electron chi connectivity index (χ1n) is 16.1. The predicted octanol–water partition coefficient (Wildman–Crippen LogP) is 9.63. The molecule has 0 spiro atoms. The molecule has 2 aromatic carbocycles. The molecule has 1 saturated heterocycles. The van der Waals surface area contributed by atoms with E-state index in [1.54, 1.807) is 6.07 Å². The number of rotatable bonds is 8. The molecule has 1 aliphatic heterocycles. The van der Waals surface area contributed by atoms with Crippen LogP contribution in [-0.4, -0.2) is 17.8 Å². The Morgan fingerprint density at radius 1 is 0.825 bits per heavy atom. The van der Waals surface area contributed by atoms with E-state index < -0.39 is 0 Å². The van der Waals surface area contributed by atoms with Crippen molar-refractivity contribution in [3.8, 4) is 0 Å². The smallest absolute Gasteiger partial charge is 0.130 e. The van der Waals surface area contributed by atoms with Gasteiger partial charge in [-0.2, -0.15) is 0 Å². The predicted molar refractivity (Wildman–Crippen MR) is 157 cm³/mol. The molecular weight excluding hydrogens is 502 g/mol. The number of ether oxygens (including phenoxy) is 1. The van der Waals surface area contributed by atoms with Crippen molar-refractivity contribution in [2.75, 3.05) is 6.61 Å². The monoisotopic (exact) mass is 548 g/mol. The molecule has 2 nitrogen and oxygen atoms in total. The lowest BCUT2D eigenvalue weighted by molar-refractivity contribution is 0.0528. The molecule has 1 heterocycles. The maximum atomic E-state index is 15.4. The first-order chi connectivity index (χ1) is 19.5. The van der Waals surface area contributed by atoms with E-state index in [1.165, 1.54) is 38.5 Å². The van der Waals surface area contributed by atoms with Gasteiger partial charge < -0.3 is 9.84 Å². The molecule has 40 heavy (non-hydrogen) atoms. The molecule has 4 aliphatic rings. The lowest BCUT2D eigenvalue weighted by Crippen LogP contribution is -2.30. The van der Waals surface area contributed by atoms with Crippen molar-refractivity contribution in [3.63, 3.8) is 0 Å².